The predicted molar refractivity (Wildman–Crippen MR) is 84.1 cm³/mol. The minimum absolute atomic E-state index is 0.0727. The molecule has 0 radical (unpaired) electrons. The molecule has 0 unspecified atom stereocenters. The number of methoxy groups -OCH3 is 1. The number of Topliss-reactive ketones (excluding diaryl/α,β-unsaturated/α-hetero) is 1. The lowest BCUT2D eigenvalue weighted by Crippen LogP contribution is -2.51. The number of hydrogen-bond acceptors (Lipinski definition) is 3. The highest BCUT2D eigenvalue weighted by Gasteiger charge is 2.54. The van der Waals surface area contributed by atoms with Crippen LogP contribution >= 0.6 is 0 Å². The van der Waals surface area contributed by atoms with Crippen molar-refractivity contribution >= 4 is 5.78 Å². The fourth-order valence-electron chi connectivity index (χ4n) is 5.49. The lowest BCUT2D eigenvalue weighted by atomic mass is 9.48. The molecule has 5 rings (SSSR count). The molecule has 0 amide bonds. The van der Waals surface area contributed by atoms with Crippen molar-refractivity contribution in [3.05, 3.63) is 24.3 Å². The lowest BCUT2D eigenvalue weighted by Gasteiger charge is -2.55. The molecule has 3 nitrogen and oxygen atoms in total. The summed E-state index contributed by atoms with van der Waals surface area (Å²) >= 11 is 0. The number of ether oxygens (including phenoxy) is 2. The van der Waals surface area contributed by atoms with Gasteiger partial charge >= 0.3 is 0 Å². The summed E-state index contributed by atoms with van der Waals surface area (Å²) < 4.78 is 11.1. The van der Waals surface area contributed by atoms with Crippen LogP contribution in [0.3, 0.4) is 0 Å². The molecular weight excluding hydrogens is 276 g/mol. The van der Waals surface area contributed by atoms with Crippen LogP contribution in [0.4, 0.5) is 0 Å². The molecule has 1 aromatic rings. The molecule has 4 bridgehead atoms. The number of hydrogen-bond donors (Lipinski definition) is 0. The van der Waals surface area contributed by atoms with Crippen molar-refractivity contribution in [2.24, 2.45) is 23.2 Å². The van der Waals surface area contributed by atoms with Crippen LogP contribution in [-0.4, -0.2) is 19.5 Å². The van der Waals surface area contributed by atoms with Gasteiger partial charge in [-0.25, -0.2) is 0 Å². The summed E-state index contributed by atoms with van der Waals surface area (Å²) in [7, 11) is 1.63. The zero-order chi connectivity index (χ0) is 15.2. The summed E-state index contributed by atoms with van der Waals surface area (Å²) in [5, 5.41) is 0. The van der Waals surface area contributed by atoms with E-state index in [9.17, 15) is 4.79 Å². The summed E-state index contributed by atoms with van der Waals surface area (Å²) in [5.74, 6) is 4.06. The molecule has 4 fully saturated rings. The third kappa shape index (κ3) is 2.31. The van der Waals surface area contributed by atoms with Gasteiger partial charge < -0.3 is 9.47 Å². The molecule has 118 valence electrons. The van der Waals surface area contributed by atoms with E-state index in [4.69, 9.17) is 9.47 Å². The van der Waals surface area contributed by atoms with E-state index in [-0.39, 0.29) is 12.0 Å². The van der Waals surface area contributed by atoms with Crippen molar-refractivity contribution in [1.82, 2.24) is 0 Å². The standard InChI is InChI=1S/C19H24O3/c1-21-16-4-2-3-5-17(16)22-12-18(20)19-9-13-6-14(10-19)8-15(7-13)11-19/h2-5,13-15H,6-12H2,1H3. The Morgan fingerprint density at radius 2 is 1.59 bits per heavy atom. The van der Waals surface area contributed by atoms with E-state index in [0.717, 1.165) is 37.0 Å². The van der Waals surface area contributed by atoms with Crippen LogP contribution in [0.5, 0.6) is 11.5 Å². The SMILES string of the molecule is COc1ccccc1OCC(=O)C12CC3CC(CC(C3)C1)C2. The summed E-state index contributed by atoms with van der Waals surface area (Å²) in [6.07, 6.45) is 7.40. The van der Waals surface area contributed by atoms with Crippen LogP contribution in [0, 0.1) is 23.2 Å². The van der Waals surface area contributed by atoms with Crippen molar-refractivity contribution in [2.45, 2.75) is 38.5 Å². The van der Waals surface area contributed by atoms with Gasteiger partial charge in [-0.3, -0.25) is 4.79 Å². The molecule has 22 heavy (non-hydrogen) atoms. The van der Waals surface area contributed by atoms with E-state index in [0.29, 0.717) is 17.3 Å². The normalized spacial score (nSPS) is 35.4. The van der Waals surface area contributed by atoms with E-state index >= 15 is 0 Å². The molecule has 4 aliphatic rings. The topological polar surface area (TPSA) is 35.5 Å². The van der Waals surface area contributed by atoms with E-state index in [2.05, 4.69) is 0 Å². The van der Waals surface area contributed by atoms with Gasteiger partial charge in [0.2, 0.25) is 0 Å². The summed E-state index contributed by atoms with van der Waals surface area (Å²) in [6, 6.07) is 7.55. The van der Waals surface area contributed by atoms with Crippen LogP contribution in [-0.2, 0) is 4.79 Å². The Hall–Kier alpha value is -1.51. The fraction of sp³-hybridized carbons (Fsp3) is 0.632. The smallest absolute Gasteiger partial charge is 0.176 e. The number of ketones is 1. The van der Waals surface area contributed by atoms with Crippen LogP contribution in [0.1, 0.15) is 38.5 Å². The number of benzene rings is 1. The third-order valence-corrected chi connectivity index (χ3v) is 6.06. The maximum Gasteiger partial charge on any atom is 0.176 e. The van der Waals surface area contributed by atoms with Gasteiger partial charge in [0.25, 0.3) is 0 Å². The summed E-state index contributed by atoms with van der Waals surface area (Å²) in [5.41, 5.74) is -0.0727. The Kier molecular flexibility index (Phi) is 3.39. The molecule has 4 saturated carbocycles. The third-order valence-electron chi connectivity index (χ3n) is 6.06. The molecule has 4 aliphatic carbocycles. The highest BCUT2D eigenvalue weighted by Crippen LogP contribution is 2.60. The first-order valence-corrected chi connectivity index (χ1v) is 8.48. The molecule has 0 atom stereocenters. The van der Waals surface area contributed by atoms with Gasteiger partial charge in [0, 0.05) is 5.41 Å². The Balaban J connectivity index is 1.46. The monoisotopic (exact) mass is 300 g/mol. The van der Waals surface area contributed by atoms with Crippen molar-refractivity contribution in [3.8, 4) is 11.5 Å². The highest BCUT2D eigenvalue weighted by atomic mass is 16.5. The number of para-hydroxylation sites is 2. The zero-order valence-electron chi connectivity index (χ0n) is 13.2. The Bertz CT molecular complexity index is 543. The summed E-state index contributed by atoms with van der Waals surface area (Å²) in [6.45, 7) is 0.187. The first-order valence-electron chi connectivity index (χ1n) is 8.48. The first-order chi connectivity index (χ1) is 10.7. The number of carbonyl (C=O) groups excluding carboxylic acids is 1. The Morgan fingerprint density at radius 1 is 1.05 bits per heavy atom. The molecule has 0 saturated heterocycles. The average Bonchev–Trinajstić information content (AvgIpc) is 2.51. The zero-order valence-corrected chi connectivity index (χ0v) is 13.2. The van der Waals surface area contributed by atoms with Gasteiger partial charge in [-0.1, -0.05) is 12.1 Å². The fourth-order valence-corrected chi connectivity index (χ4v) is 5.49. The predicted octanol–water partition coefficient (Wildman–Crippen LogP) is 3.86. The van der Waals surface area contributed by atoms with Gasteiger partial charge in [-0.05, 0) is 68.4 Å². The molecule has 0 aliphatic heterocycles. The Labute approximate surface area is 132 Å². The second-order valence-electron chi connectivity index (χ2n) is 7.56. The molecule has 0 heterocycles. The molecule has 1 aromatic carbocycles. The number of rotatable bonds is 5. The van der Waals surface area contributed by atoms with Crippen LogP contribution in [0.15, 0.2) is 24.3 Å². The maximum atomic E-state index is 12.9. The largest absolute Gasteiger partial charge is 0.493 e. The second-order valence-corrected chi connectivity index (χ2v) is 7.56. The van der Waals surface area contributed by atoms with E-state index < -0.39 is 0 Å². The van der Waals surface area contributed by atoms with E-state index in [1.54, 1.807) is 7.11 Å². The molecule has 0 spiro atoms. The minimum atomic E-state index is -0.0727. The molecule has 0 N–H and O–H groups in total. The molecule has 3 heteroatoms. The van der Waals surface area contributed by atoms with Gasteiger partial charge in [0.1, 0.15) is 6.61 Å². The number of carbonyl (C=O) groups is 1. The Morgan fingerprint density at radius 3 is 2.14 bits per heavy atom. The van der Waals surface area contributed by atoms with E-state index in [1.807, 2.05) is 24.3 Å². The van der Waals surface area contributed by atoms with Gasteiger partial charge in [0.15, 0.2) is 17.3 Å². The van der Waals surface area contributed by atoms with Gasteiger partial charge in [-0.2, -0.15) is 0 Å². The van der Waals surface area contributed by atoms with Crippen LogP contribution < -0.4 is 9.47 Å². The lowest BCUT2D eigenvalue weighted by molar-refractivity contribution is -0.146. The minimum Gasteiger partial charge on any atom is -0.493 e. The van der Waals surface area contributed by atoms with Crippen molar-refractivity contribution in [3.63, 3.8) is 0 Å². The first kappa shape index (κ1) is 14.1. The molecular formula is C19H24O3. The average molecular weight is 300 g/mol. The van der Waals surface area contributed by atoms with Crippen LogP contribution in [0.25, 0.3) is 0 Å². The van der Waals surface area contributed by atoms with Crippen LogP contribution in [0.2, 0.25) is 0 Å². The van der Waals surface area contributed by atoms with Crippen molar-refractivity contribution in [2.75, 3.05) is 13.7 Å². The quantitative estimate of drug-likeness (QED) is 0.828. The van der Waals surface area contributed by atoms with Gasteiger partial charge in [0.05, 0.1) is 7.11 Å². The van der Waals surface area contributed by atoms with Gasteiger partial charge in [-0.15, -0.1) is 0 Å². The second kappa shape index (κ2) is 5.29. The molecule has 0 aromatic heterocycles. The maximum absolute atomic E-state index is 12.9. The summed E-state index contributed by atoms with van der Waals surface area (Å²) in [4.78, 5) is 12.9. The highest BCUT2D eigenvalue weighted by molar-refractivity contribution is 5.86. The van der Waals surface area contributed by atoms with Crippen molar-refractivity contribution < 1.29 is 14.3 Å². The van der Waals surface area contributed by atoms with E-state index in [1.165, 1.54) is 19.3 Å². The van der Waals surface area contributed by atoms with Crippen molar-refractivity contribution in [1.29, 1.82) is 0 Å².